The Kier molecular flexibility index (Phi) is 7.82. The third-order valence-corrected chi connectivity index (χ3v) is 8.55. The van der Waals surface area contributed by atoms with E-state index >= 15 is 0 Å². The van der Waals surface area contributed by atoms with Crippen LogP contribution >= 0.6 is 0 Å². The first kappa shape index (κ1) is 20.8. The zero-order valence-corrected chi connectivity index (χ0v) is 14.3. The summed E-state index contributed by atoms with van der Waals surface area (Å²) in [5, 5.41) is 38.7. The Morgan fingerprint density at radius 2 is 1.05 bits per heavy atom. The van der Waals surface area contributed by atoms with Crippen molar-refractivity contribution in [1.82, 2.24) is 15.8 Å². The molecule has 0 bridgehead atoms. The van der Waals surface area contributed by atoms with Crippen LogP contribution in [0.2, 0.25) is 0 Å². The second-order valence-corrected chi connectivity index (χ2v) is 10.1. The van der Waals surface area contributed by atoms with Crippen LogP contribution in [0, 0.1) is 0 Å². The van der Waals surface area contributed by atoms with E-state index in [1.54, 1.807) is 0 Å². The summed E-state index contributed by atoms with van der Waals surface area (Å²) in [5.41, 5.74) is 0. The van der Waals surface area contributed by atoms with Gasteiger partial charge in [0.15, 0.2) is 0 Å². The zero-order valence-electron chi connectivity index (χ0n) is 12.7. The summed E-state index contributed by atoms with van der Waals surface area (Å²) in [6.45, 7) is 6.55. The van der Waals surface area contributed by atoms with Crippen molar-refractivity contribution in [1.29, 1.82) is 0 Å². The first-order valence-corrected chi connectivity index (χ1v) is 9.91. The molecule has 0 heterocycles. The predicted octanol–water partition coefficient (Wildman–Crippen LogP) is -2.47. The van der Waals surface area contributed by atoms with Crippen LogP contribution in [0.1, 0.15) is 34.6 Å². The molecule has 11 heteroatoms. The fraction of sp³-hybridized carbons (Fsp3) is 0.900. The van der Waals surface area contributed by atoms with Crippen LogP contribution < -0.4 is 15.8 Å². The minimum absolute atomic E-state index is 0.754. The average Bonchev–Trinajstić information content (AvgIpc) is 2.07. The zero-order chi connectivity index (χ0) is 16.9. The van der Waals surface area contributed by atoms with Gasteiger partial charge in [-0.25, -0.2) is 0 Å². The third-order valence-electron chi connectivity index (χ3n) is 1.45. The van der Waals surface area contributed by atoms with E-state index < -0.39 is 46.6 Å². The number of nitrogens with one attached hydrogen (secondary N) is 4. The van der Waals surface area contributed by atoms with Crippen molar-refractivity contribution in [2.24, 2.45) is 0 Å². The number of aliphatic hydroxyl groups is 4. The molecule has 0 fully saturated rings. The van der Waals surface area contributed by atoms with Gasteiger partial charge in [-0.3, -0.25) is 0 Å². The molecular formula is C10H27N4O6Pd. The van der Waals surface area contributed by atoms with Crippen LogP contribution in [0.25, 0.3) is 0 Å². The first-order chi connectivity index (χ1) is 9.40. The van der Waals surface area contributed by atoms with Gasteiger partial charge in [-0.15, -0.1) is 0 Å². The van der Waals surface area contributed by atoms with Crippen LogP contribution in [0.3, 0.4) is 0 Å². The maximum absolute atomic E-state index is 11.5. The monoisotopic (exact) mass is 405 g/mol. The second kappa shape index (κ2) is 7.89. The number of hydrogen-bond acceptors (Lipinski definition) is 10. The quantitative estimate of drug-likeness (QED) is 0.153. The Balaban J connectivity index is 6.00. The van der Waals surface area contributed by atoms with Crippen LogP contribution in [0.15, 0.2) is 0 Å². The van der Waals surface area contributed by atoms with E-state index in [2.05, 4.69) is 15.8 Å². The summed E-state index contributed by atoms with van der Waals surface area (Å²) in [6.07, 6.45) is -4.76. The van der Waals surface area contributed by atoms with Gasteiger partial charge < -0.3 is 0 Å². The van der Waals surface area contributed by atoms with E-state index in [0.29, 0.717) is 0 Å². The molecule has 0 aromatic carbocycles. The topological polar surface area (TPSA) is 155 Å². The van der Waals surface area contributed by atoms with E-state index in [1.807, 2.05) is 0 Å². The van der Waals surface area contributed by atoms with E-state index in [0.717, 1.165) is 6.92 Å². The minimum atomic E-state index is -4.93. The number of rotatable bonds is 9. The van der Waals surface area contributed by atoms with E-state index in [9.17, 15) is 25.2 Å². The Morgan fingerprint density at radius 1 is 0.810 bits per heavy atom. The summed E-state index contributed by atoms with van der Waals surface area (Å²) in [4.78, 5) is 11.5. The van der Waals surface area contributed by atoms with Crippen molar-refractivity contribution >= 4 is 5.97 Å². The first-order valence-electron chi connectivity index (χ1n) is 6.17. The normalized spacial score (nSPS) is 20.0. The van der Waals surface area contributed by atoms with Gasteiger partial charge in [-0.2, -0.15) is 0 Å². The molecule has 4 atom stereocenters. The van der Waals surface area contributed by atoms with E-state index in [1.165, 1.54) is 27.7 Å². The summed E-state index contributed by atoms with van der Waals surface area (Å²) in [7, 11) is 0. The summed E-state index contributed by atoms with van der Waals surface area (Å²) in [6, 6.07) is 0. The molecule has 21 heavy (non-hydrogen) atoms. The van der Waals surface area contributed by atoms with Crippen LogP contribution in [0.5, 0.6) is 0 Å². The molecule has 0 aliphatic rings. The van der Waals surface area contributed by atoms with Gasteiger partial charge >= 0.3 is 126 Å². The fourth-order valence-electron chi connectivity index (χ4n) is 1.42. The molecule has 0 saturated carbocycles. The molecule has 0 aliphatic heterocycles. The molecule has 0 amide bonds. The Morgan fingerprint density at radius 3 is 1.19 bits per heavy atom. The van der Waals surface area contributed by atoms with Crippen molar-refractivity contribution < 1.29 is 44.4 Å². The van der Waals surface area contributed by atoms with Crippen LogP contribution in [0.4, 0.5) is 0 Å². The van der Waals surface area contributed by atoms with Gasteiger partial charge in [0, 0.05) is 0 Å². The number of carbonyl (C=O) groups excluding carboxylic acids is 1. The molecule has 0 aromatic heterocycles. The molecule has 0 aliphatic carbocycles. The molecule has 0 spiro atoms. The second-order valence-electron chi connectivity index (χ2n) is 4.36. The van der Waals surface area contributed by atoms with Gasteiger partial charge in [0.1, 0.15) is 0 Å². The summed E-state index contributed by atoms with van der Waals surface area (Å²) >= 11 is -4.93. The van der Waals surface area contributed by atoms with Crippen molar-refractivity contribution in [2.75, 3.05) is 0 Å². The molecule has 10 nitrogen and oxygen atoms in total. The van der Waals surface area contributed by atoms with Gasteiger partial charge in [-0.1, -0.05) is 0 Å². The molecular weight excluding hydrogens is 379 g/mol. The summed E-state index contributed by atoms with van der Waals surface area (Å²) in [5.74, 6) is -0.754. The Hall–Kier alpha value is -0.188. The van der Waals surface area contributed by atoms with Gasteiger partial charge in [0.2, 0.25) is 0 Å². The molecule has 0 rings (SSSR count). The van der Waals surface area contributed by atoms with Gasteiger partial charge in [-0.05, 0) is 0 Å². The number of aliphatic hydroxyl groups excluding tert-OH is 4. The standard InChI is InChI=1S/4C2H6NO.C2H4O2.Pd/c5*1-2(3)4;/h4*2-4H,1H3;1H3,(H,3,4);/q4*-1;;+5/p-1. The molecule has 133 valence electrons. The SMILES string of the molecule is CC(=O)[O][Pd]([NH]C(C)O)([NH]C(C)O)([NH]C(C)O)[NH]C(C)O. The van der Waals surface area contributed by atoms with E-state index in [4.69, 9.17) is 3.46 Å². The Bertz CT molecular complexity index is 301. The predicted molar refractivity (Wildman–Crippen MR) is 71.0 cm³/mol. The summed E-state index contributed by atoms with van der Waals surface area (Å²) < 4.78 is 15.7. The average molecular weight is 406 g/mol. The fourth-order valence-corrected chi connectivity index (χ4v) is 8.42. The Labute approximate surface area is 126 Å². The molecule has 0 radical (unpaired) electrons. The van der Waals surface area contributed by atoms with Crippen molar-refractivity contribution in [3.8, 4) is 0 Å². The van der Waals surface area contributed by atoms with Gasteiger partial charge in [0.25, 0.3) is 0 Å². The van der Waals surface area contributed by atoms with Crippen molar-refractivity contribution in [3.63, 3.8) is 0 Å². The third kappa shape index (κ3) is 7.07. The van der Waals surface area contributed by atoms with Crippen LogP contribution in [-0.2, 0) is 23.9 Å². The van der Waals surface area contributed by atoms with Gasteiger partial charge in [0.05, 0.1) is 0 Å². The van der Waals surface area contributed by atoms with E-state index in [-0.39, 0.29) is 0 Å². The molecule has 8 N–H and O–H groups in total. The number of carbonyl (C=O) groups is 1. The number of hydrogen-bond donors (Lipinski definition) is 8. The van der Waals surface area contributed by atoms with Crippen molar-refractivity contribution in [3.05, 3.63) is 0 Å². The molecule has 0 saturated heterocycles. The molecule has 0 aromatic rings. The van der Waals surface area contributed by atoms with Crippen LogP contribution in [-0.4, -0.2) is 51.3 Å². The maximum atomic E-state index is 11.5. The van der Waals surface area contributed by atoms with Crippen molar-refractivity contribution in [2.45, 2.75) is 59.5 Å². The molecule has 4 unspecified atom stereocenters.